The number of amides is 1. The third-order valence-corrected chi connectivity index (χ3v) is 7.36. The van der Waals surface area contributed by atoms with Gasteiger partial charge in [0.2, 0.25) is 5.91 Å². The van der Waals surface area contributed by atoms with Crippen molar-refractivity contribution in [3.05, 3.63) is 118 Å². The molecule has 0 saturated heterocycles. The highest BCUT2D eigenvalue weighted by atomic mass is 16.2. The lowest BCUT2D eigenvalue weighted by molar-refractivity contribution is -0.132. The van der Waals surface area contributed by atoms with Gasteiger partial charge in [0.05, 0.1) is 19.0 Å². The van der Waals surface area contributed by atoms with Crippen LogP contribution in [0.1, 0.15) is 70.2 Å². The summed E-state index contributed by atoms with van der Waals surface area (Å²) in [5.74, 6) is 0.135. The molecule has 0 N–H and O–H groups in total. The molecule has 0 fully saturated rings. The van der Waals surface area contributed by atoms with E-state index < -0.39 is 0 Å². The lowest BCUT2D eigenvalue weighted by Gasteiger charge is -2.33. The Kier molecular flexibility index (Phi) is 10.4. The molecule has 3 heteroatoms. The van der Waals surface area contributed by atoms with Crippen molar-refractivity contribution >= 4 is 11.6 Å². The molecule has 3 rings (SSSR count). The molecule has 194 valence electrons. The third kappa shape index (κ3) is 7.29. The van der Waals surface area contributed by atoms with Crippen LogP contribution in [0.25, 0.3) is 0 Å². The maximum atomic E-state index is 13.7. The van der Waals surface area contributed by atoms with Crippen molar-refractivity contribution in [3.8, 4) is 0 Å². The number of hydrogen-bond acceptors (Lipinski definition) is 2. The number of likely N-dealkylation sites (N-methyl/N-ethyl adjacent to an activating group) is 1. The van der Waals surface area contributed by atoms with Crippen LogP contribution in [0.5, 0.6) is 0 Å². The van der Waals surface area contributed by atoms with Gasteiger partial charge < -0.3 is 4.90 Å². The van der Waals surface area contributed by atoms with E-state index in [1.165, 1.54) is 28.0 Å². The fraction of sp³-hybridized carbons (Fsp3) is 0.353. The zero-order valence-electron chi connectivity index (χ0n) is 23.3. The maximum Gasteiger partial charge on any atom is 0.227 e. The van der Waals surface area contributed by atoms with Gasteiger partial charge in [-0.2, -0.15) is 0 Å². The van der Waals surface area contributed by atoms with E-state index in [0.29, 0.717) is 13.0 Å². The Balaban J connectivity index is 1.81. The summed E-state index contributed by atoms with van der Waals surface area (Å²) in [5.41, 5.74) is 9.88. The van der Waals surface area contributed by atoms with Gasteiger partial charge in [-0.05, 0) is 80.4 Å². The zero-order chi connectivity index (χ0) is 26.8. The summed E-state index contributed by atoms with van der Waals surface area (Å²) in [5, 5.41) is 0. The van der Waals surface area contributed by atoms with Crippen LogP contribution in [0, 0.1) is 0 Å². The average Bonchev–Trinajstić information content (AvgIpc) is 3.24. The minimum absolute atomic E-state index is 0.135. The van der Waals surface area contributed by atoms with E-state index in [0.717, 1.165) is 42.5 Å². The lowest BCUT2D eigenvalue weighted by atomic mass is 9.91. The number of carbonyl (C=O) groups is 1. The molecule has 2 aromatic carbocycles. The Morgan fingerprint density at radius 3 is 2.27 bits per heavy atom. The van der Waals surface area contributed by atoms with Crippen LogP contribution < -0.4 is 0 Å². The maximum absolute atomic E-state index is 13.7. The van der Waals surface area contributed by atoms with Crippen molar-refractivity contribution in [3.63, 3.8) is 0 Å². The lowest BCUT2D eigenvalue weighted by Crippen LogP contribution is -2.37. The zero-order valence-corrected chi connectivity index (χ0v) is 23.3. The van der Waals surface area contributed by atoms with E-state index in [4.69, 9.17) is 0 Å². The molecular weight excluding hydrogens is 452 g/mol. The minimum Gasteiger partial charge on any atom is -0.332 e. The molecule has 1 aliphatic heterocycles. The van der Waals surface area contributed by atoms with Crippen molar-refractivity contribution in [2.45, 2.75) is 66.3 Å². The normalized spacial score (nSPS) is 15.0. The summed E-state index contributed by atoms with van der Waals surface area (Å²) in [4.78, 5) is 20.3. The molecule has 37 heavy (non-hydrogen) atoms. The third-order valence-electron chi connectivity index (χ3n) is 7.36. The Morgan fingerprint density at radius 1 is 1.03 bits per heavy atom. The summed E-state index contributed by atoms with van der Waals surface area (Å²) in [6.07, 6.45) is 9.20. The first kappa shape index (κ1) is 28.1. The molecule has 1 atom stereocenters. The molecular formula is C34H42N2O. The van der Waals surface area contributed by atoms with E-state index in [1.54, 1.807) is 6.08 Å². The second kappa shape index (κ2) is 13.7. The number of hydrogen-bond donors (Lipinski definition) is 0. The predicted octanol–water partition coefficient (Wildman–Crippen LogP) is 8.01. The van der Waals surface area contributed by atoms with Gasteiger partial charge in [0.15, 0.2) is 0 Å². The molecule has 0 radical (unpaired) electrons. The molecule has 1 unspecified atom stereocenters. The van der Waals surface area contributed by atoms with Gasteiger partial charge in [-0.1, -0.05) is 91.9 Å². The number of aliphatic imine (C=N–C) groups is 1. The highest BCUT2D eigenvalue weighted by Crippen LogP contribution is 2.33. The SMILES string of the molecule is C=C/C=C\C(=C(/C)CC)C(c1ccccc1)N(CC)C(=O)Cc1ccc(CCC2=C(C)CN=C2C)cc1. The number of rotatable bonds is 12. The van der Waals surface area contributed by atoms with Gasteiger partial charge in [0.1, 0.15) is 0 Å². The van der Waals surface area contributed by atoms with Crippen LogP contribution in [-0.4, -0.2) is 29.6 Å². The summed E-state index contributed by atoms with van der Waals surface area (Å²) < 4.78 is 0. The van der Waals surface area contributed by atoms with Crippen molar-refractivity contribution in [2.75, 3.05) is 13.1 Å². The van der Waals surface area contributed by atoms with Crippen LogP contribution >= 0.6 is 0 Å². The van der Waals surface area contributed by atoms with Gasteiger partial charge in [0, 0.05) is 12.3 Å². The van der Waals surface area contributed by atoms with Gasteiger partial charge >= 0.3 is 0 Å². The Bertz CT molecular complexity index is 1200. The predicted molar refractivity (Wildman–Crippen MR) is 158 cm³/mol. The molecule has 3 nitrogen and oxygen atoms in total. The molecule has 0 aliphatic carbocycles. The highest BCUT2D eigenvalue weighted by Gasteiger charge is 2.27. The summed E-state index contributed by atoms with van der Waals surface area (Å²) >= 11 is 0. The van der Waals surface area contributed by atoms with E-state index in [2.05, 4.69) is 88.7 Å². The average molecular weight is 495 g/mol. The molecule has 0 spiro atoms. The van der Waals surface area contributed by atoms with E-state index >= 15 is 0 Å². The monoisotopic (exact) mass is 494 g/mol. The van der Waals surface area contributed by atoms with Crippen molar-refractivity contribution in [1.29, 1.82) is 0 Å². The topological polar surface area (TPSA) is 32.7 Å². The number of nitrogens with zero attached hydrogens (tertiary/aromatic N) is 2. The largest absolute Gasteiger partial charge is 0.332 e. The number of carbonyl (C=O) groups excluding carboxylic acids is 1. The van der Waals surface area contributed by atoms with Crippen molar-refractivity contribution in [2.24, 2.45) is 4.99 Å². The standard InChI is InChI=1S/C34H42N2O/c1-7-10-16-32(25(4)8-2)34(30-14-12-11-13-15-30)36(9-3)33(37)23-29-19-17-28(18-20-29)21-22-31-26(5)24-35-27(31)6/h7,10-20,34H,1,8-9,21-24H2,2-6H3/b16-10-,32-25-. The molecule has 0 aromatic heterocycles. The summed E-state index contributed by atoms with van der Waals surface area (Å²) in [6.45, 7) is 16.0. The number of allylic oxidation sites excluding steroid dienone is 4. The molecule has 1 amide bonds. The highest BCUT2D eigenvalue weighted by molar-refractivity contribution is 6.00. The fourth-order valence-electron chi connectivity index (χ4n) is 5.01. The van der Waals surface area contributed by atoms with Crippen LogP contribution in [0.4, 0.5) is 0 Å². The van der Waals surface area contributed by atoms with E-state index in [1.807, 2.05) is 29.2 Å². The van der Waals surface area contributed by atoms with Gasteiger partial charge in [-0.15, -0.1) is 0 Å². The number of benzene rings is 2. The van der Waals surface area contributed by atoms with Crippen LogP contribution in [-0.2, 0) is 17.6 Å². The fourth-order valence-corrected chi connectivity index (χ4v) is 5.01. The molecule has 0 bridgehead atoms. The number of aryl methyl sites for hydroxylation is 1. The summed E-state index contributed by atoms with van der Waals surface area (Å²) in [6, 6.07) is 18.8. The summed E-state index contributed by atoms with van der Waals surface area (Å²) in [7, 11) is 0. The Hall–Kier alpha value is -3.46. The first-order valence-electron chi connectivity index (χ1n) is 13.5. The van der Waals surface area contributed by atoms with Crippen molar-refractivity contribution in [1.82, 2.24) is 4.90 Å². The van der Waals surface area contributed by atoms with Crippen LogP contribution in [0.3, 0.4) is 0 Å². The van der Waals surface area contributed by atoms with Crippen molar-refractivity contribution < 1.29 is 4.79 Å². The molecule has 1 heterocycles. The van der Waals surface area contributed by atoms with E-state index in [-0.39, 0.29) is 11.9 Å². The second-order valence-corrected chi connectivity index (χ2v) is 9.83. The molecule has 2 aromatic rings. The quantitative estimate of drug-likeness (QED) is 0.275. The first-order valence-corrected chi connectivity index (χ1v) is 13.5. The van der Waals surface area contributed by atoms with Crippen LogP contribution in [0.2, 0.25) is 0 Å². The molecule has 0 saturated carbocycles. The molecule has 1 aliphatic rings. The van der Waals surface area contributed by atoms with Gasteiger partial charge in [-0.3, -0.25) is 9.79 Å². The minimum atomic E-state index is -0.137. The second-order valence-electron chi connectivity index (χ2n) is 9.83. The van der Waals surface area contributed by atoms with Gasteiger partial charge in [-0.25, -0.2) is 0 Å². The Labute approximate surface area is 224 Å². The van der Waals surface area contributed by atoms with Gasteiger partial charge in [0.25, 0.3) is 0 Å². The van der Waals surface area contributed by atoms with Crippen LogP contribution in [0.15, 0.2) is 107 Å². The smallest absolute Gasteiger partial charge is 0.227 e. The Morgan fingerprint density at radius 2 is 1.70 bits per heavy atom. The van der Waals surface area contributed by atoms with E-state index in [9.17, 15) is 4.79 Å². The first-order chi connectivity index (χ1) is 17.9.